The fourth-order valence-electron chi connectivity index (χ4n) is 1.83. The summed E-state index contributed by atoms with van der Waals surface area (Å²) in [6.07, 6.45) is 0.500. The van der Waals surface area contributed by atoms with E-state index in [-0.39, 0.29) is 13.2 Å². The molecule has 3 rings (SSSR count). The molecule has 142 valence electrons. The highest BCUT2D eigenvalue weighted by molar-refractivity contribution is 7.43. The molecule has 3 aromatic carbocycles. The van der Waals surface area contributed by atoms with Crippen LogP contribution >= 0.6 is 8.60 Å². The Bertz CT molecular complexity index is 625. The van der Waals surface area contributed by atoms with Crippen molar-refractivity contribution in [2.45, 2.75) is 6.42 Å². The normalized spacial score (nSPS) is 9.89. The highest BCUT2D eigenvalue weighted by Crippen LogP contribution is 2.41. The van der Waals surface area contributed by atoms with Gasteiger partial charge in [-0.3, -0.25) is 0 Å². The molecule has 6 heteroatoms. The number of benzene rings is 3. The maximum absolute atomic E-state index is 7.91. The van der Waals surface area contributed by atoms with Crippen molar-refractivity contribution in [2.75, 3.05) is 13.2 Å². The van der Waals surface area contributed by atoms with Crippen LogP contribution in [0.25, 0.3) is 0 Å². The molecule has 27 heavy (non-hydrogen) atoms. The zero-order chi connectivity index (χ0) is 19.2. The van der Waals surface area contributed by atoms with Crippen LogP contribution in [0.5, 0.6) is 17.2 Å². The van der Waals surface area contributed by atoms with E-state index in [1.807, 2.05) is 91.0 Å². The molecule has 0 aromatic heterocycles. The molecule has 0 aliphatic carbocycles. The van der Waals surface area contributed by atoms with Crippen molar-refractivity contribution in [1.82, 2.24) is 0 Å². The molecule has 0 unspecified atom stereocenters. The van der Waals surface area contributed by atoms with Crippen molar-refractivity contribution in [1.29, 1.82) is 0 Å². The van der Waals surface area contributed by atoms with Gasteiger partial charge in [-0.1, -0.05) is 54.6 Å². The van der Waals surface area contributed by atoms with Crippen LogP contribution in [0.15, 0.2) is 91.0 Å². The number of hydrogen-bond donors (Lipinski definition) is 2. The number of aliphatic hydroxyl groups is 2. The maximum Gasteiger partial charge on any atom is 0.530 e. The monoisotopic (exact) mass is 386 g/mol. The van der Waals surface area contributed by atoms with Crippen LogP contribution in [0, 0.1) is 0 Å². The van der Waals surface area contributed by atoms with E-state index in [1.54, 1.807) is 0 Å². The molecular formula is C21H23O5P. The molecule has 0 radical (unpaired) electrons. The lowest BCUT2D eigenvalue weighted by Gasteiger charge is -2.17. The van der Waals surface area contributed by atoms with Crippen molar-refractivity contribution in [3.8, 4) is 17.2 Å². The van der Waals surface area contributed by atoms with Gasteiger partial charge >= 0.3 is 8.60 Å². The lowest BCUT2D eigenvalue weighted by molar-refractivity contribution is 0.221. The standard InChI is InChI=1S/C18H15O3P.C3H8O2/c1-4-10-16(11-5-1)19-22(20-17-12-6-2-7-13-17)21-18-14-8-3-9-15-18;4-2-1-3-5/h1-15H;4-5H,1-3H2. The molecule has 0 amide bonds. The Morgan fingerprint density at radius 3 is 1.04 bits per heavy atom. The van der Waals surface area contributed by atoms with Gasteiger partial charge in [-0.15, -0.1) is 0 Å². The smallest absolute Gasteiger partial charge is 0.409 e. The summed E-state index contributed by atoms with van der Waals surface area (Å²) in [5.74, 6) is 2.13. The lowest BCUT2D eigenvalue weighted by atomic mass is 10.3. The number of hydrogen-bond acceptors (Lipinski definition) is 5. The second-order valence-electron chi connectivity index (χ2n) is 5.24. The topological polar surface area (TPSA) is 68.2 Å². The van der Waals surface area contributed by atoms with Crippen LogP contribution in [-0.4, -0.2) is 23.4 Å². The van der Waals surface area contributed by atoms with E-state index >= 15 is 0 Å². The Labute approximate surface area is 160 Å². The molecule has 0 heterocycles. The summed E-state index contributed by atoms with van der Waals surface area (Å²) in [4.78, 5) is 0. The summed E-state index contributed by atoms with van der Waals surface area (Å²) in [6, 6.07) is 28.5. The van der Waals surface area contributed by atoms with E-state index in [9.17, 15) is 0 Å². The van der Waals surface area contributed by atoms with E-state index in [0.717, 1.165) is 0 Å². The summed E-state index contributed by atoms with van der Waals surface area (Å²) >= 11 is 0. The van der Waals surface area contributed by atoms with Gasteiger partial charge in [-0.05, 0) is 42.8 Å². The minimum absolute atomic E-state index is 0.0938. The molecule has 3 aromatic rings. The van der Waals surface area contributed by atoms with Crippen molar-refractivity contribution in [2.24, 2.45) is 0 Å². The average Bonchev–Trinajstić information content (AvgIpc) is 2.71. The molecule has 5 nitrogen and oxygen atoms in total. The molecule has 0 bridgehead atoms. The first kappa shape index (κ1) is 20.7. The second-order valence-corrected chi connectivity index (χ2v) is 6.23. The van der Waals surface area contributed by atoms with Crippen molar-refractivity contribution >= 4 is 8.60 Å². The third-order valence-electron chi connectivity index (χ3n) is 3.09. The Morgan fingerprint density at radius 2 is 0.815 bits per heavy atom. The summed E-state index contributed by atoms with van der Waals surface area (Å²) < 4.78 is 17.5. The van der Waals surface area contributed by atoms with Gasteiger partial charge in [0.15, 0.2) is 0 Å². The Morgan fingerprint density at radius 1 is 0.519 bits per heavy atom. The molecule has 0 saturated heterocycles. The first-order valence-electron chi connectivity index (χ1n) is 8.52. The summed E-state index contributed by atoms with van der Waals surface area (Å²) in [6.45, 7) is 0.188. The van der Waals surface area contributed by atoms with Crippen LogP contribution in [0.1, 0.15) is 6.42 Å². The molecule has 0 spiro atoms. The molecule has 2 N–H and O–H groups in total. The van der Waals surface area contributed by atoms with Gasteiger partial charge in [0, 0.05) is 13.2 Å². The average molecular weight is 386 g/mol. The van der Waals surface area contributed by atoms with Crippen molar-refractivity contribution < 1.29 is 23.8 Å². The first-order chi connectivity index (χ1) is 13.3. The van der Waals surface area contributed by atoms with Crippen molar-refractivity contribution in [3.63, 3.8) is 0 Å². The largest absolute Gasteiger partial charge is 0.530 e. The van der Waals surface area contributed by atoms with Gasteiger partial charge in [0.05, 0.1) is 0 Å². The van der Waals surface area contributed by atoms with Crippen molar-refractivity contribution in [3.05, 3.63) is 91.0 Å². The Hall–Kier alpha value is -2.59. The minimum atomic E-state index is -1.59. The Balaban J connectivity index is 0.000000465. The zero-order valence-corrected chi connectivity index (χ0v) is 15.7. The molecule has 0 atom stereocenters. The highest BCUT2D eigenvalue weighted by atomic mass is 31.2. The Kier molecular flexibility index (Phi) is 9.76. The van der Waals surface area contributed by atoms with Crippen LogP contribution in [-0.2, 0) is 0 Å². The van der Waals surface area contributed by atoms with Gasteiger partial charge in [0.2, 0.25) is 0 Å². The van der Waals surface area contributed by atoms with E-state index in [4.69, 9.17) is 23.8 Å². The minimum Gasteiger partial charge on any atom is -0.409 e. The molecular weight excluding hydrogens is 363 g/mol. The van der Waals surface area contributed by atoms with E-state index in [1.165, 1.54) is 0 Å². The fraction of sp³-hybridized carbons (Fsp3) is 0.143. The zero-order valence-electron chi connectivity index (χ0n) is 14.8. The number of rotatable bonds is 8. The van der Waals surface area contributed by atoms with Crippen LogP contribution in [0.2, 0.25) is 0 Å². The lowest BCUT2D eigenvalue weighted by Crippen LogP contribution is -2.02. The van der Waals surface area contributed by atoms with Gasteiger partial charge in [-0.25, -0.2) is 0 Å². The summed E-state index contributed by atoms with van der Waals surface area (Å²) in [7, 11) is -1.59. The highest BCUT2D eigenvalue weighted by Gasteiger charge is 2.19. The van der Waals surface area contributed by atoms with E-state index in [0.29, 0.717) is 23.7 Å². The summed E-state index contributed by atoms with van der Waals surface area (Å²) in [5.41, 5.74) is 0. The maximum atomic E-state index is 7.91. The predicted octanol–water partition coefficient (Wildman–Crippen LogP) is 4.81. The quantitative estimate of drug-likeness (QED) is 0.544. The first-order valence-corrected chi connectivity index (χ1v) is 9.62. The van der Waals surface area contributed by atoms with Crippen LogP contribution < -0.4 is 13.6 Å². The third-order valence-corrected chi connectivity index (χ3v) is 4.17. The second kappa shape index (κ2) is 12.7. The molecule has 0 saturated carbocycles. The van der Waals surface area contributed by atoms with Gasteiger partial charge in [0.25, 0.3) is 0 Å². The summed E-state index contributed by atoms with van der Waals surface area (Å²) in [5, 5.41) is 15.8. The van der Waals surface area contributed by atoms with E-state index < -0.39 is 8.60 Å². The number of para-hydroxylation sites is 3. The molecule has 0 aliphatic rings. The molecule has 0 aliphatic heterocycles. The van der Waals surface area contributed by atoms with Crippen LogP contribution in [0.3, 0.4) is 0 Å². The fourth-order valence-corrected chi connectivity index (χ4v) is 2.82. The molecule has 0 fully saturated rings. The van der Waals surface area contributed by atoms with E-state index in [2.05, 4.69) is 0 Å². The van der Waals surface area contributed by atoms with Gasteiger partial charge in [0.1, 0.15) is 17.2 Å². The predicted molar refractivity (Wildman–Crippen MR) is 107 cm³/mol. The number of aliphatic hydroxyl groups excluding tert-OH is 2. The van der Waals surface area contributed by atoms with Gasteiger partial charge < -0.3 is 23.8 Å². The SMILES string of the molecule is OCCCO.c1ccc(OP(Oc2ccccc2)Oc2ccccc2)cc1. The van der Waals surface area contributed by atoms with Crippen LogP contribution in [0.4, 0.5) is 0 Å². The van der Waals surface area contributed by atoms with Gasteiger partial charge in [-0.2, -0.15) is 0 Å². The third kappa shape index (κ3) is 8.56.